The fourth-order valence-corrected chi connectivity index (χ4v) is 5.39. The highest BCUT2D eigenvalue weighted by molar-refractivity contribution is 7.92. The lowest BCUT2D eigenvalue weighted by molar-refractivity contribution is -0.119. The summed E-state index contributed by atoms with van der Waals surface area (Å²) in [5.41, 5.74) is 4.22. The lowest BCUT2D eigenvalue weighted by Gasteiger charge is -2.24. The zero-order chi connectivity index (χ0) is 27.7. The third-order valence-corrected chi connectivity index (χ3v) is 7.66. The van der Waals surface area contributed by atoms with Crippen molar-refractivity contribution >= 4 is 39.4 Å². The molecule has 1 N–H and O–H groups in total. The van der Waals surface area contributed by atoms with Gasteiger partial charge in [-0.3, -0.25) is 9.10 Å². The Morgan fingerprint density at radius 1 is 0.923 bits per heavy atom. The summed E-state index contributed by atoms with van der Waals surface area (Å²) in [6.45, 7) is -0.150. The second kappa shape index (κ2) is 12.9. The van der Waals surface area contributed by atoms with Crippen molar-refractivity contribution in [3.63, 3.8) is 0 Å². The van der Waals surface area contributed by atoms with Crippen LogP contribution in [0.2, 0.25) is 5.02 Å². The molecule has 0 spiro atoms. The number of hydrazone groups is 1. The Hall–Kier alpha value is -4.34. The molecule has 4 aromatic carbocycles. The Labute approximate surface area is 232 Å². The zero-order valence-electron chi connectivity index (χ0n) is 21.0. The highest BCUT2D eigenvalue weighted by Gasteiger charge is 2.28. The van der Waals surface area contributed by atoms with E-state index in [2.05, 4.69) is 10.5 Å². The van der Waals surface area contributed by atoms with Gasteiger partial charge in [0, 0.05) is 0 Å². The number of anilines is 1. The first kappa shape index (κ1) is 27.7. The lowest BCUT2D eigenvalue weighted by Crippen LogP contribution is -2.39. The molecule has 4 aromatic rings. The molecule has 0 aliphatic rings. The first-order valence-electron chi connectivity index (χ1n) is 11.9. The molecule has 4 rings (SSSR count). The molecule has 200 valence electrons. The summed E-state index contributed by atoms with van der Waals surface area (Å²) < 4.78 is 39.0. The van der Waals surface area contributed by atoms with Gasteiger partial charge in [0.2, 0.25) is 0 Å². The van der Waals surface area contributed by atoms with Crippen LogP contribution in [0, 0.1) is 0 Å². The second-order valence-corrected chi connectivity index (χ2v) is 10.5. The van der Waals surface area contributed by atoms with Crippen LogP contribution >= 0.6 is 11.6 Å². The minimum absolute atomic E-state index is 0.0305. The van der Waals surface area contributed by atoms with Crippen molar-refractivity contribution < 1.29 is 22.7 Å². The Balaban J connectivity index is 1.46. The number of amides is 1. The predicted molar refractivity (Wildman–Crippen MR) is 152 cm³/mol. The van der Waals surface area contributed by atoms with E-state index < -0.39 is 22.5 Å². The number of hydrogen-bond acceptors (Lipinski definition) is 6. The van der Waals surface area contributed by atoms with Gasteiger partial charge in [0.05, 0.1) is 28.9 Å². The monoisotopic (exact) mass is 563 g/mol. The smallest absolute Gasteiger partial charge is 0.264 e. The molecule has 39 heavy (non-hydrogen) atoms. The molecule has 8 nitrogen and oxygen atoms in total. The number of rotatable bonds is 11. The normalized spacial score (nSPS) is 11.2. The number of nitrogens with one attached hydrogen (secondary N) is 1. The highest BCUT2D eigenvalue weighted by atomic mass is 35.5. The van der Waals surface area contributed by atoms with E-state index in [0.717, 1.165) is 9.87 Å². The summed E-state index contributed by atoms with van der Waals surface area (Å²) in [6, 6.07) is 29.2. The summed E-state index contributed by atoms with van der Waals surface area (Å²) >= 11 is 6.29. The summed E-state index contributed by atoms with van der Waals surface area (Å²) in [6.07, 6.45) is 1.42. The first-order valence-corrected chi connectivity index (χ1v) is 13.7. The average Bonchev–Trinajstić information content (AvgIpc) is 2.96. The molecule has 0 bridgehead atoms. The Morgan fingerprint density at radius 2 is 1.59 bits per heavy atom. The minimum Gasteiger partial charge on any atom is -0.493 e. The van der Waals surface area contributed by atoms with Crippen molar-refractivity contribution in [2.24, 2.45) is 5.10 Å². The van der Waals surface area contributed by atoms with Gasteiger partial charge in [-0.2, -0.15) is 5.10 Å². The number of sulfonamides is 1. The number of benzene rings is 4. The molecule has 0 aliphatic carbocycles. The molecule has 10 heteroatoms. The van der Waals surface area contributed by atoms with E-state index in [9.17, 15) is 13.2 Å². The topological polar surface area (TPSA) is 97.3 Å². The summed E-state index contributed by atoms with van der Waals surface area (Å²) in [5.74, 6) is 0.407. The molecule has 0 unspecified atom stereocenters. The van der Waals surface area contributed by atoms with Crippen LogP contribution in [0.15, 0.2) is 113 Å². The average molecular weight is 564 g/mol. The first-order chi connectivity index (χ1) is 18.9. The van der Waals surface area contributed by atoms with Crippen molar-refractivity contribution in [2.45, 2.75) is 11.5 Å². The number of ether oxygens (including phenoxy) is 2. The summed E-state index contributed by atoms with van der Waals surface area (Å²) in [5, 5.41) is 4.18. The van der Waals surface area contributed by atoms with Crippen molar-refractivity contribution in [2.75, 3.05) is 18.0 Å². The number of methoxy groups -OCH3 is 1. The summed E-state index contributed by atoms with van der Waals surface area (Å²) in [7, 11) is -2.55. The van der Waals surface area contributed by atoms with E-state index >= 15 is 0 Å². The van der Waals surface area contributed by atoms with Crippen LogP contribution in [-0.2, 0) is 21.4 Å². The largest absolute Gasteiger partial charge is 0.493 e. The van der Waals surface area contributed by atoms with E-state index in [0.29, 0.717) is 23.7 Å². The van der Waals surface area contributed by atoms with Gasteiger partial charge >= 0.3 is 0 Å². The van der Waals surface area contributed by atoms with Gasteiger partial charge in [0.1, 0.15) is 13.2 Å². The van der Waals surface area contributed by atoms with E-state index in [4.69, 9.17) is 21.1 Å². The molecule has 0 saturated heterocycles. The van der Waals surface area contributed by atoms with Crippen LogP contribution < -0.4 is 19.2 Å². The molecular formula is C29H26ClN3O5S. The Bertz CT molecular complexity index is 1550. The Morgan fingerprint density at radius 3 is 2.28 bits per heavy atom. The van der Waals surface area contributed by atoms with Crippen LogP contribution in [0.3, 0.4) is 0 Å². The molecule has 0 saturated carbocycles. The van der Waals surface area contributed by atoms with Gasteiger partial charge < -0.3 is 9.47 Å². The van der Waals surface area contributed by atoms with Crippen molar-refractivity contribution in [1.82, 2.24) is 5.43 Å². The van der Waals surface area contributed by atoms with Gasteiger partial charge in [-0.25, -0.2) is 13.8 Å². The van der Waals surface area contributed by atoms with Crippen molar-refractivity contribution in [3.05, 3.63) is 119 Å². The van der Waals surface area contributed by atoms with E-state index in [1.165, 1.54) is 31.5 Å². The zero-order valence-corrected chi connectivity index (χ0v) is 22.6. The minimum atomic E-state index is -4.08. The molecule has 0 atom stereocenters. The SMILES string of the molecule is COc1cc(/C=N\NC(=O)CN(c2ccccc2Cl)S(=O)(=O)c2ccccc2)ccc1OCc1ccccc1. The maximum atomic E-state index is 13.4. The number of para-hydroxylation sites is 1. The van der Waals surface area contributed by atoms with E-state index in [1.54, 1.807) is 54.6 Å². The maximum absolute atomic E-state index is 13.4. The molecule has 0 aliphatic heterocycles. The quantitative estimate of drug-likeness (QED) is 0.198. The van der Waals surface area contributed by atoms with Crippen molar-refractivity contribution in [3.8, 4) is 11.5 Å². The second-order valence-electron chi connectivity index (χ2n) is 8.25. The Kier molecular flexibility index (Phi) is 9.19. The third kappa shape index (κ3) is 7.16. The number of carbonyl (C=O) groups excluding carboxylic acids is 1. The van der Waals surface area contributed by atoms with Crippen LogP contribution in [0.1, 0.15) is 11.1 Å². The van der Waals surface area contributed by atoms with Crippen molar-refractivity contribution in [1.29, 1.82) is 0 Å². The van der Waals surface area contributed by atoms with Crippen LogP contribution in [-0.4, -0.2) is 34.2 Å². The predicted octanol–water partition coefficient (Wildman–Crippen LogP) is 5.27. The summed E-state index contributed by atoms with van der Waals surface area (Å²) in [4.78, 5) is 12.8. The molecule has 0 heterocycles. The highest BCUT2D eigenvalue weighted by Crippen LogP contribution is 2.30. The van der Waals surface area contributed by atoms with Gasteiger partial charge in [-0.15, -0.1) is 0 Å². The molecular weight excluding hydrogens is 538 g/mol. The molecule has 0 radical (unpaired) electrons. The number of halogens is 1. The van der Waals surface area contributed by atoms with Gasteiger partial charge in [0.25, 0.3) is 15.9 Å². The number of carbonyl (C=O) groups is 1. The van der Waals surface area contributed by atoms with Gasteiger partial charge in [0.15, 0.2) is 11.5 Å². The van der Waals surface area contributed by atoms with E-state index in [1.807, 2.05) is 30.3 Å². The van der Waals surface area contributed by atoms with Crippen LogP contribution in [0.5, 0.6) is 11.5 Å². The van der Waals surface area contributed by atoms with E-state index in [-0.39, 0.29) is 15.6 Å². The number of hydrogen-bond donors (Lipinski definition) is 1. The molecule has 1 amide bonds. The molecule has 0 fully saturated rings. The van der Waals surface area contributed by atoms with Crippen LogP contribution in [0.4, 0.5) is 5.69 Å². The standard InChI is InChI=1S/C29H26ClN3O5S/c1-37-28-18-23(16-17-27(28)38-21-22-10-4-2-5-11-22)19-31-32-29(34)20-33(26-15-9-8-14-25(26)30)39(35,36)24-12-6-3-7-13-24/h2-19H,20-21H2,1H3,(H,32,34)/b31-19-. The van der Waals surface area contributed by atoms with Gasteiger partial charge in [-0.1, -0.05) is 72.3 Å². The number of nitrogens with zero attached hydrogens (tertiary/aromatic N) is 2. The molecule has 0 aromatic heterocycles. The fraction of sp³-hybridized carbons (Fsp3) is 0.103. The fourth-order valence-electron chi connectivity index (χ4n) is 3.64. The maximum Gasteiger partial charge on any atom is 0.264 e. The van der Waals surface area contributed by atoms with Gasteiger partial charge in [-0.05, 0) is 53.6 Å². The third-order valence-electron chi connectivity index (χ3n) is 5.57. The lowest BCUT2D eigenvalue weighted by atomic mass is 10.2. The van der Waals surface area contributed by atoms with Crippen LogP contribution in [0.25, 0.3) is 0 Å².